The first-order valence-corrected chi connectivity index (χ1v) is 17.2. The zero-order valence-corrected chi connectivity index (χ0v) is 27.3. The van der Waals surface area contributed by atoms with Gasteiger partial charge in [-0.2, -0.15) is 0 Å². The van der Waals surface area contributed by atoms with Crippen molar-refractivity contribution in [2.45, 2.75) is 0 Å². The number of hydrogen-bond donors (Lipinski definition) is 0. The maximum atomic E-state index is 6.58. The molecule has 11 rings (SSSR count). The van der Waals surface area contributed by atoms with Gasteiger partial charge in [-0.3, -0.25) is 0 Å². The van der Waals surface area contributed by atoms with E-state index in [2.05, 4.69) is 103 Å². The minimum atomic E-state index is 0.649. The second kappa shape index (κ2) is 10.8. The van der Waals surface area contributed by atoms with Crippen LogP contribution in [-0.2, 0) is 0 Å². The molecule has 11 aromatic rings. The standard InChI is InChI=1S/C47H27N3O/c1-3-12-28(13-4-1)45-48-46(29-14-5-2-6-15-29)50-47(49-45)38-25-24-32(34-18-9-10-19-35(34)38)31-22-23-36-39(26-31)37-20-11-21-41-42(37)43-40(36)27-30-16-7-8-17-33(30)44(43)51-41/h1-27H. The lowest BCUT2D eigenvalue weighted by Gasteiger charge is -2.15. The zero-order chi connectivity index (χ0) is 33.5. The highest BCUT2D eigenvalue weighted by molar-refractivity contribution is 6.36. The molecule has 0 unspecified atom stereocenters. The molecular formula is C47H27N3O. The van der Waals surface area contributed by atoms with E-state index in [1.165, 1.54) is 37.7 Å². The van der Waals surface area contributed by atoms with Crippen molar-refractivity contribution in [2.24, 2.45) is 0 Å². The number of fused-ring (bicyclic) bond motifs is 6. The Balaban J connectivity index is 1.13. The average molecular weight is 650 g/mol. The van der Waals surface area contributed by atoms with E-state index < -0.39 is 0 Å². The zero-order valence-electron chi connectivity index (χ0n) is 27.3. The molecule has 0 N–H and O–H groups in total. The maximum Gasteiger partial charge on any atom is 0.164 e. The molecule has 0 aliphatic carbocycles. The number of aromatic nitrogens is 3. The van der Waals surface area contributed by atoms with Gasteiger partial charge in [0.25, 0.3) is 0 Å². The fourth-order valence-corrected chi connectivity index (χ4v) is 7.93. The summed E-state index contributed by atoms with van der Waals surface area (Å²) in [7, 11) is 0. The molecule has 0 amide bonds. The van der Waals surface area contributed by atoms with Crippen molar-refractivity contribution >= 4 is 65.0 Å². The van der Waals surface area contributed by atoms with E-state index in [1.807, 2.05) is 60.7 Å². The van der Waals surface area contributed by atoms with Crippen LogP contribution in [0, 0.1) is 0 Å². The van der Waals surface area contributed by atoms with Crippen molar-refractivity contribution in [1.82, 2.24) is 15.0 Å². The van der Waals surface area contributed by atoms with Crippen LogP contribution >= 0.6 is 0 Å². The van der Waals surface area contributed by atoms with Gasteiger partial charge < -0.3 is 4.42 Å². The van der Waals surface area contributed by atoms with Crippen LogP contribution in [0.2, 0.25) is 0 Å². The Labute approximate surface area is 292 Å². The number of rotatable bonds is 4. The van der Waals surface area contributed by atoms with Gasteiger partial charge in [0.1, 0.15) is 11.2 Å². The summed E-state index contributed by atoms with van der Waals surface area (Å²) in [5.74, 6) is 1.95. The molecule has 2 aromatic heterocycles. The molecule has 4 nitrogen and oxygen atoms in total. The number of furan rings is 1. The Morgan fingerprint density at radius 3 is 1.69 bits per heavy atom. The van der Waals surface area contributed by atoms with Crippen LogP contribution in [0.3, 0.4) is 0 Å². The van der Waals surface area contributed by atoms with E-state index in [1.54, 1.807) is 0 Å². The monoisotopic (exact) mass is 649 g/mol. The fraction of sp³-hybridized carbons (Fsp3) is 0. The molecule has 0 fully saturated rings. The van der Waals surface area contributed by atoms with Crippen LogP contribution in [0.25, 0.3) is 110 Å². The molecule has 0 saturated carbocycles. The van der Waals surface area contributed by atoms with Crippen molar-refractivity contribution < 1.29 is 4.42 Å². The van der Waals surface area contributed by atoms with Crippen LogP contribution in [-0.4, -0.2) is 15.0 Å². The van der Waals surface area contributed by atoms with Crippen LogP contribution in [0.15, 0.2) is 168 Å². The van der Waals surface area contributed by atoms with Gasteiger partial charge in [-0.1, -0.05) is 140 Å². The number of nitrogens with zero attached hydrogens (tertiary/aromatic N) is 3. The Hall–Kier alpha value is -6.91. The first-order valence-electron chi connectivity index (χ1n) is 17.2. The van der Waals surface area contributed by atoms with Crippen LogP contribution in [0.1, 0.15) is 0 Å². The second-order valence-corrected chi connectivity index (χ2v) is 13.1. The van der Waals surface area contributed by atoms with Gasteiger partial charge in [0.2, 0.25) is 0 Å². The predicted molar refractivity (Wildman–Crippen MR) is 210 cm³/mol. The third-order valence-electron chi connectivity index (χ3n) is 10.3. The highest BCUT2D eigenvalue weighted by Crippen LogP contribution is 2.46. The van der Waals surface area contributed by atoms with Crippen molar-refractivity contribution in [3.05, 3.63) is 164 Å². The lowest BCUT2D eigenvalue weighted by atomic mass is 9.89. The van der Waals surface area contributed by atoms with Crippen molar-refractivity contribution in [1.29, 1.82) is 0 Å². The normalized spacial score (nSPS) is 11.9. The summed E-state index contributed by atoms with van der Waals surface area (Å²) < 4.78 is 6.58. The third kappa shape index (κ3) is 4.23. The summed E-state index contributed by atoms with van der Waals surface area (Å²) in [6.45, 7) is 0. The van der Waals surface area contributed by atoms with Gasteiger partial charge in [-0.15, -0.1) is 0 Å². The molecule has 0 saturated heterocycles. The summed E-state index contributed by atoms with van der Waals surface area (Å²) in [5.41, 5.74) is 7.07. The number of hydrogen-bond acceptors (Lipinski definition) is 4. The average Bonchev–Trinajstić information content (AvgIpc) is 3.61. The summed E-state index contributed by atoms with van der Waals surface area (Å²) in [5, 5.41) is 11.8. The van der Waals surface area contributed by atoms with E-state index in [0.29, 0.717) is 17.5 Å². The van der Waals surface area contributed by atoms with Crippen LogP contribution in [0.4, 0.5) is 0 Å². The van der Waals surface area contributed by atoms with Gasteiger partial charge in [-0.25, -0.2) is 15.0 Å². The summed E-state index contributed by atoms with van der Waals surface area (Å²) in [6, 6.07) is 57.4. The molecular weight excluding hydrogens is 623 g/mol. The van der Waals surface area contributed by atoms with Gasteiger partial charge in [0, 0.05) is 32.8 Å². The summed E-state index contributed by atoms with van der Waals surface area (Å²) in [4.78, 5) is 15.0. The Morgan fingerprint density at radius 2 is 0.941 bits per heavy atom. The van der Waals surface area contributed by atoms with Crippen LogP contribution < -0.4 is 0 Å². The van der Waals surface area contributed by atoms with Gasteiger partial charge in [0.05, 0.1) is 0 Å². The maximum absolute atomic E-state index is 6.58. The highest BCUT2D eigenvalue weighted by Gasteiger charge is 2.21. The third-order valence-corrected chi connectivity index (χ3v) is 10.3. The van der Waals surface area contributed by atoms with E-state index >= 15 is 0 Å². The molecule has 0 aliphatic heterocycles. The molecule has 2 heterocycles. The lowest BCUT2D eigenvalue weighted by molar-refractivity contribution is 0.673. The highest BCUT2D eigenvalue weighted by atomic mass is 16.3. The molecule has 0 atom stereocenters. The molecule has 0 bridgehead atoms. The Kier molecular flexibility index (Phi) is 5.92. The molecule has 4 heteroatoms. The first-order chi connectivity index (χ1) is 25.3. The molecule has 51 heavy (non-hydrogen) atoms. The van der Waals surface area contributed by atoms with Crippen molar-refractivity contribution in [3.63, 3.8) is 0 Å². The van der Waals surface area contributed by atoms with Gasteiger partial charge >= 0.3 is 0 Å². The quantitative estimate of drug-likeness (QED) is 0.141. The fourth-order valence-electron chi connectivity index (χ4n) is 7.93. The number of benzene rings is 9. The van der Waals surface area contributed by atoms with Gasteiger partial charge in [-0.05, 0) is 73.1 Å². The lowest BCUT2D eigenvalue weighted by Crippen LogP contribution is -2.00. The van der Waals surface area contributed by atoms with Crippen molar-refractivity contribution in [3.8, 4) is 45.3 Å². The first kappa shape index (κ1) is 28.0. The minimum absolute atomic E-state index is 0.649. The Morgan fingerprint density at radius 1 is 0.333 bits per heavy atom. The summed E-state index contributed by atoms with van der Waals surface area (Å²) in [6.07, 6.45) is 0. The topological polar surface area (TPSA) is 51.8 Å². The van der Waals surface area contributed by atoms with Crippen LogP contribution in [0.5, 0.6) is 0 Å². The van der Waals surface area contributed by atoms with E-state index in [-0.39, 0.29) is 0 Å². The SMILES string of the molecule is c1ccc(-c2nc(-c3ccccc3)nc(-c3ccc(-c4ccc5c(c4)c4cccc6oc7c8ccccc8cc5c7c64)c4ccccc34)n2)cc1. The molecule has 9 aromatic carbocycles. The molecule has 0 spiro atoms. The smallest absolute Gasteiger partial charge is 0.164 e. The van der Waals surface area contributed by atoms with E-state index in [0.717, 1.165) is 55.1 Å². The second-order valence-electron chi connectivity index (χ2n) is 13.1. The predicted octanol–water partition coefficient (Wildman–Crippen LogP) is 12.5. The van der Waals surface area contributed by atoms with Crippen molar-refractivity contribution in [2.75, 3.05) is 0 Å². The van der Waals surface area contributed by atoms with E-state index in [9.17, 15) is 0 Å². The Bertz CT molecular complexity index is 3070. The summed E-state index contributed by atoms with van der Waals surface area (Å²) >= 11 is 0. The molecule has 236 valence electrons. The molecule has 0 radical (unpaired) electrons. The molecule has 0 aliphatic rings. The van der Waals surface area contributed by atoms with E-state index in [4.69, 9.17) is 19.4 Å². The minimum Gasteiger partial charge on any atom is -0.455 e. The largest absolute Gasteiger partial charge is 0.455 e. The van der Waals surface area contributed by atoms with Gasteiger partial charge in [0.15, 0.2) is 17.5 Å².